The smallest absolute Gasteiger partial charge is 0.253 e. The minimum absolute atomic E-state index is 0.191. The van der Waals surface area contributed by atoms with Crippen LogP contribution in [0.25, 0.3) is 0 Å². The quantitative estimate of drug-likeness (QED) is 0.572. The van der Waals surface area contributed by atoms with E-state index in [4.69, 9.17) is 0 Å². The molecule has 0 atom stereocenters. The van der Waals surface area contributed by atoms with Crippen molar-refractivity contribution in [1.29, 1.82) is 0 Å². The molecule has 1 aliphatic heterocycles. The summed E-state index contributed by atoms with van der Waals surface area (Å²) in [4.78, 5) is 23.0. The van der Waals surface area contributed by atoms with E-state index in [-0.39, 0.29) is 11.8 Å². The Labute approximate surface area is 69.4 Å². The van der Waals surface area contributed by atoms with Gasteiger partial charge in [-0.3, -0.25) is 14.5 Å². The predicted molar refractivity (Wildman–Crippen MR) is 44.2 cm³/mol. The van der Waals surface area contributed by atoms with Crippen LogP contribution < -0.4 is 0 Å². The van der Waals surface area contributed by atoms with Crippen LogP contribution in [0.5, 0.6) is 0 Å². The SMILES string of the molecule is CSCCN1C(=O)C=CC1=O. The fourth-order valence-corrected chi connectivity index (χ4v) is 1.20. The van der Waals surface area contributed by atoms with Gasteiger partial charge in [0.25, 0.3) is 11.8 Å². The third-order valence-electron chi connectivity index (χ3n) is 1.42. The molecular formula is C7H9NO2S. The first-order chi connectivity index (χ1) is 5.25. The van der Waals surface area contributed by atoms with Crippen molar-refractivity contribution in [3.05, 3.63) is 12.2 Å². The van der Waals surface area contributed by atoms with Crippen molar-refractivity contribution in [2.24, 2.45) is 0 Å². The van der Waals surface area contributed by atoms with Crippen LogP contribution in [-0.4, -0.2) is 35.3 Å². The summed E-state index contributed by atoms with van der Waals surface area (Å²) in [6.45, 7) is 0.520. The van der Waals surface area contributed by atoms with Gasteiger partial charge in [0.05, 0.1) is 0 Å². The molecule has 0 unspecified atom stereocenters. The van der Waals surface area contributed by atoms with Gasteiger partial charge in [-0.1, -0.05) is 0 Å². The lowest BCUT2D eigenvalue weighted by molar-refractivity contribution is -0.136. The van der Waals surface area contributed by atoms with E-state index in [0.29, 0.717) is 6.54 Å². The van der Waals surface area contributed by atoms with Crippen molar-refractivity contribution in [2.75, 3.05) is 18.6 Å². The minimum atomic E-state index is -0.191. The molecule has 0 aromatic rings. The van der Waals surface area contributed by atoms with Crippen LogP contribution in [0.2, 0.25) is 0 Å². The molecule has 0 radical (unpaired) electrons. The summed E-state index contributed by atoms with van der Waals surface area (Å²) in [7, 11) is 0. The van der Waals surface area contributed by atoms with Crippen LogP contribution >= 0.6 is 11.8 Å². The largest absolute Gasteiger partial charge is 0.275 e. The van der Waals surface area contributed by atoms with E-state index >= 15 is 0 Å². The maximum Gasteiger partial charge on any atom is 0.253 e. The van der Waals surface area contributed by atoms with Crippen molar-refractivity contribution >= 4 is 23.6 Å². The van der Waals surface area contributed by atoms with Gasteiger partial charge < -0.3 is 0 Å². The van der Waals surface area contributed by atoms with Gasteiger partial charge in [0.1, 0.15) is 0 Å². The zero-order chi connectivity index (χ0) is 8.27. The summed E-state index contributed by atoms with van der Waals surface area (Å²) in [6.07, 6.45) is 4.56. The first kappa shape index (κ1) is 8.33. The molecule has 0 spiro atoms. The summed E-state index contributed by atoms with van der Waals surface area (Å²) in [5, 5.41) is 0. The Bertz CT molecular complexity index is 194. The minimum Gasteiger partial charge on any atom is -0.275 e. The Morgan fingerprint density at radius 1 is 1.36 bits per heavy atom. The van der Waals surface area contributed by atoms with Gasteiger partial charge in [0.15, 0.2) is 0 Å². The molecule has 0 saturated heterocycles. The summed E-state index contributed by atoms with van der Waals surface area (Å²) in [5.41, 5.74) is 0. The van der Waals surface area contributed by atoms with E-state index in [0.717, 1.165) is 5.75 Å². The number of hydrogen-bond donors (Lipinski definition) is 0. The molecule has 0 aromatic carbocycles. The molecule has 0 aliphatic carbocycles. The Kier molecular flexibility index (Phi) is 2.70. The van der Waals surface area contributed by atoms with Gasteiger partial charge in [-0.25, -0.2) is 0 Å². The van der Waals surface area contributed by atoms with Gasteiger partial charge >= 0.3 is 0 Å². The van der Waals surface area contributed by atoms with Crippen LogP contribution in [-0.2, 0) is 9.59 Å². The van der Waals surface area contributed by atoms with Gasteiger partial charge in [-0.05, 0) is 6.26 Å². The van der Waals surface area contributed by atoms with Crippen molar-refractivity contribution in [2.45, 2.75) is 0 Å². The summed E-state index contributed by atoms with van der Waals surface area (Å²) >= 11 is 1.62. The lowest BCUT2D eigenvalue weighted by Crippen LogP contribution is -2.31. The Balaban J connectivity index is 2.46. The second-order valence-corrected chi connectivity index (χ2v) is 3.14. The maximum atomic E-state index is 10.9. The number of thioether (sulfide) groups is 1. The van der Waals surface area contributed by atoms with Crippen molar-refractivity contribution in [1.82, 2.24) is 4.90 Å². The molecule has 0 aromatic heterocycles. The Hall–Kier alpha value is -0.770. The van der Waals surface area contributed by atoms with Gasteiger partial charge in [0, 0.05) is 24.4 Å². The van der Waals surface area contributed by atoms with E-state index < -0.39 is 0 Å². The summed E-state index contributed by atoms with van der Waals surface area (Å²) < 4.78 is 0. The average Bonchev–Trinajstić information content (AvgIpc) is 2.29. The van der Waals surface area contributed by atoms with E-state index in [1.54, 1.807) is 11.8 Å². The highest BCUT2D eigenvalue weighted by Gasteiger charge is 2.21. The van der Waals surface area contributed by atoms with Crippen LogP contribution in [0, 0.1) is 0 Å². The molecule has 4 heteroatoms. The Morgan fingerprint density at radius 2 is 1.91 bits per heavy atom. The molecule has 0 saturated carbocycles. The maximum absolute atomic E-state index is 10.9. The molecule has 1 heterocycles. The van der Waals surface area contributed by atoms with E-state index in [9.17, 15) is 9.59 Å². The van der Waals surface area contributed by atoms with Crippen molar-refractivity contribution in [3.63, 3.8) is 0 Å². The molecule has 2 amide bonds. The fraction of sp³-hybridized carbons (Fsp3) is 0.429. The fourth-order valence-electron chi connectivity index (χ4n) is 0.834. The number of imide groups is 1. The molecule has 3 nitrogen and oxygen atoms in total. The molecule has 1 aliphatic rings. The van der Waals surface area contributed by atoms with Crippen LogP contribution in [0.4, 0.5) is 0 Å². The number of hydrogen-bond acceptors (Lipinski definition) is 3. The number of rotatable bonds is 3. The van der Waals surface area contributed by atoms with E-state index in [2.05, 4.69) is 0 Å². The Morgan fingerprint density at radius 3 is 2.36 bits per heavy atom. The second kappa shape index (κ2) is 3.57. The van der Waals surface area contributed by atoms with E-state index in [1.807, 2.05) is 6.26 Å². The van der Waals surface area contributed by atoms with Crippen LogP contribution in [0.3, 0.4) is 0 Å². The topological polar surface area (TPSA) is 37.4 Å². The van der Waals surface area contributed by atoms with Gasteiger partial charge in [-0.2, -0.15) is 11.8 Å². The number of carbonyl (C=O) groups is 2. The standard InChI is InChI=1S/C7H9NO2S/c1-11-5-4-8-6(9)2-3-7(8)10/h2-3H,4-5H2,1H3. The van der Waals surface area contributed by atoms with Crippen molar-refractivity contribution < 1.29 is 9.59 Å². The van der Waals surface area contributed by atoms with E-state index in [1.165, 1.54) is 17.1 Å². The normalized spacial score (nSPS) is 16.6. The third kappa shape index (κ3) is 1.83. The molecule has 0 N–H and O–H groups in total. The van der Waals surface area contributed by atoms with Gasteiger partial charge in [-0.15, -0.1) is 0 Å². The first-order valence-electron chi connectivity index (χ1n) is 3.28. The zero-order valence-corrected chi connectivity index (χ0v) is 7.06. The highest BCUT2D eigenvalue weighted by Crippen LogP contribution is 2.04. The van der Waals surface area contributed by atoms with Gasteiger partial charge in [0.2, 0.25) is 0 Å². The third-order valence-corrected chi connectivity index (χ3v) is 2.01. The highest BCUT2D eigenvalue weighted by molar-refractivity contribution is 7.98. The second-order valence-electron chi connectivity index (χ2n) is 2.15. The molecule has 0 bridgehead atoms. The lowest BCUT2D eigenvalue weighted by Gasteiger charge is -2.11. The molecule has 0 fully saturated rings. The number of nitrogens with zero attached hydrogens (tertiary/aromatic N) is 1. The number of carbonyl (C=O) groups excluding carboxylic acids is 2. The average molecular weight is 171 g/mol. The summed E-state index contributed by atoms with van der Waals surface area (Å²) in [5.74, 6) is 0.423. The van der Waals surface area contributed by atoms with Crippen LogP contribution in [0.15, 0.2) is 12.2 Å². The molecule has 11 heavy (non-hydrogen) atoms. The van der Waals surface area contributed by atoms with Crippen molar-refractivity contribution in [3.8, 4) is 0 Å². The summed E-state index contributed by atoms with van der Waals surface area (Å²) in [6, 6.07) is 0. The molecule has 60 valence electrons. The number of amides is 2. The van der Waals surface area contributed by atoms with Crippen LogP contribution in [0.1, 0.15) is 0 Å². The monoisotopic (exact) mass is 171 g/mol. The molecular weight excluding hydrogens is 162 g/mol. The molecule has 1 rings (SSSR count). The first-order valence-corrected chi connectivity index (χ1v) is 4.67. The lowest BCUT2D eigenvalue weighted by atomic mass is 10.5. The highest BCUT2D eigenvalue weighted by atomic mass is 32.2. The predicted octanol–water partition coefficient (Wildman–Crippen LogP) is 0.274. The zero-order valence-electron chi connectivity index (χ0n) is 6.24.